The van der Waals surface area contributed by atoms with Gasteiger partial charge in [0.2, 0.25) is 0 Å². The van der Waals surface area contributed by atoms with Crippen LogP contribution in [0.5, 0.6) is 5.75 Å². The Kier molecular flexibility index (Phi) is 6.97. The Hall–Kier alpha value is -2.34. The van der Waals surface area contributed by atoms with Crippen LogP contribution in [0, 0.1) is 5.41 Å². The standard InChI is InChI=1S/C17H19ClO6/c1-3-9-24-14-10-11(18)5-6-12(14)13(19)7-8-17(4-2,15(20)21)16(22)23/h3,5-6,10H,1,4,7-9H2,2H3,(H,20,21)(H,22,23). The van der Waals surface area contributed by atoms with E-state index in [2.05, 4.69) is 6.58 Å². The molecule has 0 fully saturated rings. The fourth-order valence-corrected chi connectivity index (χ4v) is 2.40. The van der Waals surface area contributed by atoms with E-state index in [0.717, 1.165) is 0 Å². The van der Waals surface area contributed by atoms with Gasteiger partial charge in [-0.1, -0.05) is 31.2 Å². The fraction of sp³-hybridized carbons (Fsp3) is 0.353. The Bertz CT molecular complexity index is 638. The van der Waals surface area contributed by atoms with Crippen LogP contribution in [0.2, 0.25) is 5.02 Å². The van der Waals surface area contributed by atoms with E-state index in [1.807, 2.05) is 0 Å². The minimum absolute atomic E-state index is 0.120. The highest BCUT2D eigenvalue weighted by molar-refractivity contribution is 6.30. The fourth-order valence-electron chi connectivity index (χ4n) is 2.24. The minimum Gasteiger partial charge on any atom is -0.489 e. The quantitative estimate of drug-likeness (QED) is 0.379. The van der Waals surface area contributed by atoms with E-state index in [9.17, 15) is 24.6 Å². The first-order valence-corrected chi connectivity index (χ1v) is 7.69. The lowest BCUT2D eigenvalue weighted by Crippen LogP contribution is -2.39. The van der Waals surface area contributed by atoms with E-state index < -0.39 is 23.1 Å². The maximum Gasteiger partial charge on any atom is 0.321 e. The van der Waals surface area contributed by atoms with E-state index in [1.54, 1.807) is 0 Å². The molecule has 24 heavy (non-hydrogen) atoms. The molecule has 1 aromatic rings. The van der Waals surface area contributed by atoms with Crippen molar-refractivity contribution in [1.29, 1.82) is 0 Å². The Morgan fingerprint density at radius 1 is 1.29 bits per heavy atom. The van der Waals surface area contributed by atoms with Crippen LogP contribution in [0.3, 0.4) is 0 Å². The van der Waals surface area contributed by atoms with Gasteiger partial charge < -0.3 is 14.9 Å². The SMILES string of the molecule is C=CCOc1cc(Cl)ccc1C(=O)CCC(CC)(C(=O)O)C(=O)O. The first-order valence-electron chi connectivity index (χ1n) is 7.31. The Morgan fingerprint density at radius 3 is 2.42 bits per heavy atom. The lowest BCUT2D eigenvalue weighted by atomic mass is 9.79. The van der Waals surface area contributed by atoms with Gasteiger partial charge in [0.25, 0.3) is 0 Å². The topological polar surface area (TPSA) is 101 Å². The second-order valence-corrected chi connectivity index (χ2v) is 5.65. The summed E-state index contributed by atoms with van der Waals surface area (Å²) in [5.41, 5.74) is -1.76. The van der Waals surface area contributed by atoms with Gasteiger partial charge in [-0.3, -0.25) is 14.4 Å². The number of carboxylic acids is 2. The van der Waals surface area contributed by atoms with Gasteiger partial charge in [0.05, 0.1) is 5.56 Å². The van der Waals surface area contributed by atoms with Crippen molar-refractivity contribution >= 4 is 29.3 Å². The summed E-state index contributed by atoms with van der Waals surface area (Å²) >= 11 is 5.88. The molecule has 1 rings (SSSR count). The Labute approximate surface area is 144 Å². The third-order valence-electron chi connectivity index (χ3n) is 3.80. The zero-order valence-corrected chi connectivity index (χ0v) is 14.0. The van der Waals surface area contributed by atoms with E-state index in [1.165, 1.54) is 31.2 Å². The number of carbonyl (C=O) groups is 3. The number of hydrogen-bond acceptors (Lipinski definition) is 4. The monoisotopic (exact) mass is 354 g/mol. The lowest BCUT2D eigenvalue weighted by Gasteiger charge is -2.22. The van der Waals surface area contributed by atoms with Crippen molar-refractivity contribution in [3.8, 4) is 5.75 Å². The summed E-state index contributed by atoms with van der Waals surface area (Å²) in [7, 11) is 0. The van der Waals surface area contributed by atoms with Gasteiger partial charge in [-0.05, 0) is 31.0 Å². The van der Waals surface area contributed by atoms with Crippen molar-refractivity contribution in [1.82, 2.24) is 0 Å². The molecular weight excluding hydrogens is 336 g/mol. The molecule has 0 aliphatic heterocycles. The first-order chi connectivity index (χ1) is 11.3. The number of halogens is 1. The van der Waals surface area contributed by atoms with Crippen molar-refractivity contribution in [3.05, 3.63) is 41.4 Å². The van der Waals surface area contributed by atoms with Gasteiger partial charge in [0, 0.05) is 11.4 Å². The van der Waals surface area contributed by atoms with Crippen LogP contribution in [0.15, 0.2) is 30.9 Å². The van der Waals surface area contributed by atoms with Crippen molar-refractivity contribution in [2.45, 2.75) is 26.2 Å². The molecule has 1 aromatic carbocycles. The number of carbonyl (C=O) groups excluding carboxylic acids is 1. The summed E-state index contributed by atoms with van der Waals surface area (Å²) in [6, 6.07) is 4.45. The molecule has 0 atom stereocenters. The van der Waals surface area contributed by atoms with Gasteiger partial charge >= 0.3 is 11.9 Å². The predicted molar refractivity (Wildman–Crippen MR) is 88.7 cm³/mol. The van der Waals surface area contributed by atoms with E-state index in [4.69, 9.17) is 16.3 Å². The molecule has 7 heteroatoms. The van der Waals surface area contributed by atoms with Crippen LogP contribution in [0.4, 0.5) is 0 Å². The van der Waals surface area contributed by atoms with Crippen LogP contribution >= 0.6 is 11.6 Å². The minimum atomic E-state index is -1.98. The maximum atomic E-state index is 12.4. The van der Waals surface area contributed by atoms with Gasteiger partial charge in [-0.25, -0.2) is 0 Å². The summed E-state index contributed by atoms with van der Waals surface area (Å²) in [5, 5.41) is 18.9. The third-order valence-corrected chi connectivity index (χ3v) is 4.04. The number of rotatable bonds is 10. The largest absolute Gasteiger partial charge is 0.489 e. The number of hydrogen-bond donors (Lipinski definition) is 2. The van der Waals surface area contributed by atoms with Crippen molar-refractivity contribution < 1.29 is 29.3 Å². The summed E-state index contributed by atoms with van der Waals surface area (Å²) in [4.78, 5) is 35.1. The first kappa shape index (κ1) is 19.7. The molecule has 2 N–H and O–H groups in total. The van der Waals surface area contributed by atoms with Gasteiger partial charge in [-0.15, -0.1) is 0 Å². The molecule has 0 aromatic heterocycles. The highest BCUT2D eigenvalue weighted by atomic mass is 35.5. The van der Waals surface area contributed by atoms with Crippen molar-refractivity contribution in [3.63, 3.8) is 0 Å². The van der Waals surface area contributed by atoms with E-state index in [-0.39, 0.29) is 37.2 Å². The molecule has 6 nitrogen and oxygen atoms in total. The van der Waals surface area contributed by atoms with Crippen LogP contribution in [-0.4, -0.2) is 34.5 Å². The predicted octanol–water partition coefficient (Wildman–Crippen LogP) is 3.43. The number of carboxylic acid groups (broad SMARTS) is 2. The van der Waals surface area contributed by atoms with Crippen molar-refractivity contribution in [2.24, 2.45) is 5.41 Å². The van der Waals surface area contributed by atoms with E-state index in [0.29, 0.717) is 5.02 Å². The van der Waals surface area contributed by atoms with Gasteiger partial charge in [-0.2, -0.15) is 0 Å². The van der Waals surface area contributed by atoms with Gasteiger partial charge in [0.15, 0.2) is 11.2 Å². The zero-order valence-electron chi connectivity index (χ0n) is 13.3. The summed E-state index contributed by atoms with van der Waals surface area (Å²) in [6.45, 7) is 5.15. The van der Waals surface area contributed by atoms with Gasteiger partial charge in [0.1, 0.15) is 12.4 Å². The second-order valence-electron chi connectivity index (χ2n) is 5.21. The highest BCUT2D eigenvalue weighted by Gasteiger charge is 2.44. The molecule has 0 unspecified atom stereocenters. The van der Waals surface area contributed by atoms with Crippen molar-refractivity contribution in [2.75, 3.05) is 6.61 Å². The molecule has 0 bridgehead atoms. The molecule has 0 spiro atoms. The molecule has 0 saturated carbocycles. The molecule has 0 aliphatic carbocycles. The number of aliphatic carboxylic acids is 2. The van der Waals surface area contributed by atoms with Crippen LogP contribution in [-0.2, 0) is 9.59 Å². The summed E-state index contributed by atoms with van der Waals surface area (Å²) in [5.74, 6) is -3.07. The lowest BCUT2D eigenvalue weighted by molar-refractivity contribution is -0.165. The third kappa shape index (κ3) is 4.35. The van der Waals surface area contributed by atoms with Crippen LogP contribution in [0.1, 0.15) is 36.5 Å². The smallest absolute Gasteiger partial charge is 0.321 e. The number of benzene rings is 1. The van der Waals surface area contributed by atoms with Crippen LogP contribution < -0.4 is 4.74 Å². The Morgan fingerprint density at radius 2 is 1.92 bits per heavy atom. The number of ether oxygens (including phenoxy) is 1. The average molecular weight is 355 g/mol. The molecule has 0 heterocycles. The normalized spacial score (nSPS) is 10.9. The molecule has 0 saturated heterocycles. The molecular formula is C17H19ClO6. The average Bonchev–Trinajstić information content (AvgIpc) is 2.53. The number of ketones is 1. The summed E-state index contributed by atoms with van der Waals surface area (Å²) in [6.07, 6.45) is 0.840. The molecule has 0 radical (unpaired) electrons. The maximum absolute atomic E-state index is 12.4. The zero-order chi connectivity index (χ0) is 18.3. The van der Waals surface area contributed by atoms with E-state index >= 15 is 0 Å². The summed E-state index contributed by atoms with van der Waals surface area (Å²) < 4.78 is 5.39. The van der Waals surface area contributed by atoms with Crippen LogP contribution in [0.25, 0.3) is 0 Å². The molecule has 130 valence electrons. The highest BCUT2D eigenvalue weighted by Crippen LogP contribution is 2.31. The molecule has 0 aliphatic rings. The Balaban J connectivity index is 3.01. The molecule has 0 amide bonds. The second kappa shape index (κ2) is 8.49. The number of Topliss-reactive ketones (excluding diaryl/α,β-unsaturated/α-hetero) is 1.